The van der Waals surface area contributed by atoms with Crippen LogP contribution in [0.4, 0.5) is 5.95 Å². The Balaban J connectivity index is 0.825. The van der Waals surface area contributed by atoms with Crippen molar-refractivity contribution < 1.29 is 19.4 Å². The quantitative estimate of drug-likeness (QED) is 0.119. The number of pyridine rings is 1. The minimum absolute atomic E-state index is 0.0911. The van der Waals surface area contributed by atoms with Crippen LogP contribution in [0.15, 0.2) is 72.0 Å². The summed E-state index contributed by atoms with van der Waals surface area (Å²) in [6.45, 7) is 13.6. The van der Waals surface area contributed by atoms with Gasteiger partial charge in [-0.25, -0.2) is 9.97 Å². The summed E-state index contributed by atoms with van der Waals surface area (Å²) in [4.78, 5) is 40.8. The number of ether oxygens (including phenoxy) is 2. The number of fused-ring (bicyclic) bond motifs is 1. The van der Waals surface area contributed by atoms with Gasteiger partial charge >= 0.3 is 0 Å². The second-order valence-electron chi connectivity index (χ2n) is 18.8. The molecule has 0 bridgehead atoms. The number of carbonyl (C=O) groups is 1. The topological polar surface area (TPSA) is 158 Å². The van der Waals surface area contributed by atoms with Gasteiger partial charge in [0.15, 0.2) is 0 Å². The van der Waals surface area contributed by atoms with Gasteiger partial charge in [0.2, 0.25) is 5.95 Å². The fourth-order valence-electron chi connectivity index (χ4n) is 10.1. The number of rotatable bonds is 11. The molecular weight excluding hydrogens is 778 g/mol. The van der Waals surface area contributed by atoms with E-state index in [1.807, 2.05) is 30.5 Å². The highest BCUT2D eigenvalue weighted by atomic mass is 35.5. The second kappa shape index (κ2) is 15.6. The summed E-state index contributed by atoms with van der Waals surface area (Å²) in [5.41, 5.74) is 1.99. The molecule has 0 unspecified atom stereocenters. The van der Waals surface area contributed by atoms with Gasteiger partial charge in [0, 0.05) is 84.4 Å². The van der Waals surface area contributed by atoms with E-state index in [1.54, 1.807) is 62.3 Å². The van der Waals surface area contributed by atoms with Crippen LogP contribution in [0.25, 0.3) is 22.0 Å². The van der Waals surface area contributed by atoms with E-state index in [9.17, 15) is 20.0 Å². The Morgan fingerprint density at radius 1 is 1.02 bits per heavy atom. The molecule has 13 heteroatoms. The predicted octanol–water partition coefficient (Wildman–Crippen LogP) is 8.15. The van der Waals surface area contributed by atoms with Crippen LogP contribution in [-0.4, -0.2) is 61.9 Å². The van der Waals surface area contributed by atoms with Crippen molar-refractivity contribution in [3.05, 3.63) is 99.3 Å². The molecule has 3 fully saturated rings. The molecule has 4 heterocycles. The van der Waals surface area contributed by atoms with E-state index in [2.05, 4.69) is 58.9 Å². The minimum Gasteiger partial charge on any atom is -0.490 e. The maximum Gasteiger partial charge on any atom is 0.274 e. The lowest BCUT2D eigenvalue weighted by molar-refractivity contribution is -0.164. The number of carbonyl (C=O) groups excluding carboxylic acids is 1. The fourth-order valence-corrected chi connectivity index (χ4v) is 10.3. The molecule has 1 saturated heterocycles. The van der Waals surface area contributed by atoms with E-state index < -0.39 is 5.60 Å². The highest BCUT2D eigenvalue weighted by molar-refractivity contribution is 6.31. The molecule has 8 rings (SSSR count). The third kappa shape index (κ3) is 7.74. The molecule has 0 radical (unpaired) electrons. The summed E-state index contributed by atoms with van der Waals surface area (Å²) in [6.07, 6.45) is 12.0. The van der Waals surface area contributed by atoms with Gasteiger partial charge < -0.3 is 34.3 Å². The molecule has 1 aliphatic heterocycles. The van der Waals surface area contributed by atoms with E-state index in [1.165, 1.54) is 0 Å². The van der Waals surface area contributed by atoms with Crippen molar-refractivity contribution in [1.29, 1.82) is 5.26 Å². The molecule has 2 aromatic carbocycles. The number of amides is 1. The van der Waals surface area contributed by atoms with Crippen LogP contribution in [0.2, 0.25) is 5.02 Å². The number of halogens is 1. The summed E-state index contributed by atoms with van der Waals surface area (Å²) in [5.74, 6) is 2.97. The van der Waals surface area contributed by atoms with Gasteiger partial charge in [0.25, 0.3) is 11.5 Å². The van der Waals surface area contributed by atoms with Crippen molar-refractivity contribution in [2.45, 2.75) is 97.5 Å². The first kappa shape index (κ1) is 41.4. The van der Waals surface area contributed by atoms with Gasteiger partial charge in [0.1, 0.15) is 29.2 Å². The number of anilines is 1. The number of aromatic amines is 1. The molecule has 2 saturated carbocycles. The molecule has 3 N–H and O–H groups in total. The van der Waals surface area contributed by atoms with Gasteiger partial charge in [0.05, 0.1) is 27.9 Å². The largest absolute Gasteiger partial charge is 0.490 e. The number of aliphatic hydroxyl groups is 1. The lowest BCUT2D eigenvalue weighted by Gasteiger charge is -2.63. The van der Waals surface area contributed by atoms with Crippen LogP contribution in [0.1, 0.15) is 95.1 Å². The third-order valence-corrected chi connectivity index (χ3v) is 13.6. The number of nitrogens with zero attached hydrogens (tertiary/aromatic N) is 5. The molecule has 0 spiro atoms. The fraction of sp³-hybridized carbons (Fsp3) is 0.468. The van der Waals surface area contributed by atoms with Gasteiger partial charge in [-0.15, -0.1) is 0 Å². The maximum absolute atomic E-state index is 13.5. The van der Waals surface area contributed by atoms with Gasteiger partial charge in [-0.3, -0.25) is 9.59 Å². The van der Waals surface area contributed by atoms with Crippen molar-refractivity contribution in [1.82, 2.24) is 24.8 Å². The zero-order valence-electron chi connectivity index (χ0n) is 35.4. The molecule has 0 atom stereocenters. The number of piperidine rings is 1. The molecule has 314 valence electrons. The zero-order valence-corrected chi connectivity index (χ0v) is 36.1. The van der Waals surface area contributed by atoms with Crippen LogP contribution in [-0.2, 0) is 12.6 Å². The van der Waals surface area contributed by atoms with Crippen molar-refractivity contribution in [3.8, 4) is 28.7 Å². The number of hydrogen-bond donors (Lipinski definition) is 3. The number of H-pyrrole nitrogens is 1. The molecule has 3 aliphatic rings. The van der Waals surface area contributed by atoms with E-state index >= 15 is 0 Å². The van der Waals surface area contributed by atoms with Crippen molar-refractivity contribution in [2.75, 3.05) is 18.0 Å². The lowest BCUT2D eigenvalue weighted by Crippen LogP contribution is -2.74. The monoisotopic (exact) mass is 831 g/mol. The van der Waals surface area contributed by atoms with E-state index in [0.717, 1.165) is 73.0 Å². The standard InChI is InChI=1S/C47H54ClN7O5/c1-45(2)42(46(3,4)43(45)60-32-10-8-29(23-49)37(48)22-32)53-40(56)30-24-51-44(52-25-30)55-16-13-27(14-17-55)18-28-19-33(20-28)59-38-11-9-31(47(5,6)58)21-35(38)36-26-54(7)41(57)39-34(36)12-15-50-39/h8-12,15,21-22,24-28,33,42-43,50,58H,13-14,16-20H2,1-7H3,(H,53,56). The first-order valence-electron chi connectivity index (χ1n) is 20.9. The Morgan fingerprint density at radius 3 is 2.37 bits per heavy atom. The molecule has 3 aromatic heterocycles. The van der Waals surface area contributed by atoms with Crippen LogP contribution in [0.3, 0.4) is 0 Å². The van der Waals surface area contributed by atoms with Gasteiger partial charge in [-0.1, -0.05) is 45.4 Å². The Kier molecular flexibility index (Phi) is 10.7. The Morgan fingerprint density at radius 2 is 1.72 bits per heavy atom. The van der Waals surface area contributed by atoms with Crippen LogP contribution >= 0.6 is 11.6 Å². The number of hydrogen-bond acceptors (Lipinski definition) is 9. The lowest BCUT2D eigenvalue weighted by atomic mass is 9.49. The normalized spacial score (nSPS) is 22.4. The second-order valence-corrected chi connectivity index (χ2v) is 19.2. The SMILES string of the molecule is Cn1cc(-c2cc(C(C)(C)O)ccc2OC2CC(CC3CCN(c4ncc(C(=O)NC5C(C)(C)C(Oc6ccc(C#N)c(Cl)c6)C5(C)C)cn4)CC3)C2)c2cc[nH]c2c1=O. The molecule has 5 aromatic rings. The Labute approximate surface area is 355 Å². The van der Waals surface area contributed by atoms with Crippen molar-refractivity contribution in [3.63, 3.8) is 0 Å². The average molecular weight is 832 g/mol. The van der Waals surface area contributed by atoms with Crippen LogP contribution in [0, 0.1) is 34.0 Å². The van der Waals surface area contributed by atoms with Gasteiger partial charge in [-0.05, 0) is 93.7 Å². The summed E-state index contributed by atoms with van der Waals surface area (Å²) >= 11 is 6.25. The number of benzene rings is 2. The number of aryl methyl sites for hydroxylation is 1. The Hall–Kier alpha value is -5.38. The molecule has 60 heavy (non-hydrogen) atoms. The summed E-state index contributed by atoms with van der Waals surface area (Å²) < 4.78 is 14.6. The van der Waals surface area contributed by atoms with Gasteiger partial charge in [-0.2, -0.15) is 5.26 Å². The zero-order chi connectivity index (χ0) is 42.7. The smallest absolute Gasteiger partial charge is 0.274 e. The predicted molar refractivity (Wildman–Crippen MR) is 232 cm³/mol. The maximum atomic E-state index is 13.5. The molecule has 2 aliphatic carbocycles. The number of aromatic nitrogens is 4. The summed E-state index contributed by atoms with van der Waals surface area (Å²) in [7, 11) is 1.75. The first-order valence-corrected chi connectivity index (χ1v) is 21.3. The van der Waals surface area contributed by atoms with Crippen LogP contribution in [0.5, 0.6) is 11.5 Å². The van der Waals surface area contributed by atoms with E-state index in [4.69, 9.17) is 21.1 Å². The van der Waals surface area contributed by atoms with E-state index in [0.29, 0.717) is 45.2 Å². The average Bonchev–Trinajstić information content (AvgIpc) is 3.70. The third-order valence-electron chi connectivity index (χ3n) is 13.3. The van der Waals surface area contributed by atoms with E-state index in [-0.39, 0.29) is 40.5 Å². The summed E-state index contributed by atoms with van der Waals surface area (Å²) in [6, 6.07) is 14.8. The number of nitriles is 1. The molecule has 1 amide bonds. The number of nitrogens with one attached hydrogen (secondary N) is 2. The first-order chi connectivity index (χ1) is 28.4. The highest BCUT2D eigenvalue weighted by Gasteiger charge is 2.64. The van der Waals surface area contributed by atoms with Crippen molar-refractivity contribution in [2.24, 2.45) is 29.7 Å². The molecular formula is C47H54ClN7O5. The Bertz CT molecular complexity index is 2500. The minimum atomic E-state index is -1.03. The van der Waals surface area contributed by atoms with Crippen LogP contribution < -0.4 is 25.2 Å². The van der Waals surface area contributed by atoms with Crippen molar-refractivity contribution >= 4 is 34.4 Å². The summed E-state index contributed by atoms with van der Waals surface area (Å²) in [5, 5.41) is 24.5. The highest BCUT2D eigenvalue weighted by Crippen LogP contribution is 2.55. The molecule has 12 nitrogen and oxygen atoms in total.